The molecule has 116 valence electrons. The molecule has 0 radical (unpaired) electrons. The zero-order chi connectivity index (χ0) is 15.9. The second-order valence-corrected chi connectivity index (χ2v) is 6.30. The van der Waals surface area contributed by atoms with Gasteiger partial charge in [0.1, 0.15) is 5.82 Å². The van der Waals surface area contributed by atoms with Crippen molar-refractivity contribution in [2.75, 3.05) is 5.75 Å². The monoisotopic (exact) mass is 317 g/mol. The van der Waals surface area contributed by atoms with Crippen LogP contribution in [0.15, 0.2) is 48.5 Å². The lowest BCUT2D eigenvalue weighted by Gasteiger charge is -2.14. The van der Waals surface area contributed by atoms with Crippen molar-refractivity contribution in [3.05, 3.63) is 71.0 Å². The molecular weight excluding hydrogens is 297 g/mol. The second kappa shape index (κ2) is 7.99. The number of hydrogen-bond donors (Lipinski definition) is 1. The lowest BCUT2D eigenvalue weighted by molar-refractivity contribution is -0.119. The van der Waals surface area contributed by atoms with E-state index in [1.807, 2.05) is 6.92 Å². The van der Waals surface area contributed by atoms with Crippen LogP contribution >= 0.6 is 11.8 Å². The van der Waals surface area contributed by atoms with Gasteiger partial charge in [-0.25, -0.2) is 4.39 Å². The summed E-state index contributed by atoms with van der Waals surface area (Å²) in [7, 11) is 0. The van der Waals surface area contributed by atoms with Gasteiger partial charge in [-0.15, -0.1) is 11.8 Å². The highest BCUT2D eigenvalue weighted by Crippen LogP contribution is 2.15. The van der Waals surface area contributed by atoms with Crippen molar-refractivity contribution in [2.24, 2.45) is 0 Å². The third-order valence-electron chi connectivity index (χ3n) is 3.37. The van der Waals surface area contributed by atoms with Crippen molar-refractivity contribution in [3.8, 4) is 0 Å². The zero-order valence-corrected chi connectivity index (χ0v) is 13.6. The summed E-state index contributed by atoms with van der Waals surface area (Å²) in [6, 6.07) is 14.4. The van der Waals surface area contributed by atoms with Crippen LogP contribution in [0, 0.1) is 12.7 Å². The molecule has 0 aliphatic rings. The van der Waals surface area contributed by atoms with Gasteiger partial charge in [0, 0.05) is 5.75 Å². The van der Waals surface area contributed by atoms with E-state index in [-0.39, 0.29) is 17.8 Å². The molecular formula is C18H20FNOS. The van der Waals surface area contributed by atoms with Crippen molar-refractivity contribution in [2.45, 2.75) is 25.6 Å². The van der Waals surface area contributed by atoms with Crippen molar-refractivity contribution in [1.29, 1.82) is 0 Å². The van der Waals surface area contributed by atoms with Crippen LogP contribution in [0.1, 0.15) is 29.7 Å². The fourth-order valence-electron chi connectivity index (χ4n) is 2.06. The number of halogens is 1. The highest BCUT2D eigenvalue weighted by Gasteiger charge is 2.09. The number of benzene rings is 2. The minimum Gasteiger partial charge on any atom is -0.349 e. The number of rotatable bonds is 6. The van der Waals surface area contributed by atoms with Gasteiger partial charge in [-0.05, 0) is 37.1 Å². The Morgan fingerprint density at radius 2 is 1.77 bits per heavy atom. The predicted octanol–water partition coefficient (Wildman–Crippen LogP) is 4.24. The summed E-state index contributed by atoms with van der Waals surface area (Å²) >= 11 is 1.59. The van der Waals surface area contributed by atoms with E-state index in [1.54, 1.807) is 23.9 Å². The first-order chi connectivity index (χ1) is 10.5. The summed E-state index contributed by atoms with van der Waals surface area (Å²) < 4.78 is 12.9. The summed E-state index contributed by atoms with van der Waals surface area (Å²) in [6.45, 7) is 3.96. The Balaban J connectivity index is 1.75. The van der Waals surface area contributed by atoms with Crippen LogP contribution in [0.4, 0.5) is 4.39 Å². The van der Waals surface area contributed by atoms with Gasteiger partial charge in [0.25, 0.3) is 0 Å². The fraction of sp³-hybridized carbons (Fsp3) is 0.278. The topological polar surface area (TPSA) is 29.1 Å². The molecule has 0 heterocycles. The highest BCUT2D eigenvalue weighted by atomic mass is 32.2. The molecule has 2 aromatic carbocycles. The average Bonchev–Trinajstić information content (AvgIpc) is 2.50. The molecule has 1 atom stereocenters. The standard InChI is InChI=1S/C18H20FNOS/c1-13-3-5-15(6-4-13)11-22-12-18(21)20-14(2)16-7-9-17(19)10-8-16/h3-10,14H,11-12H2,1-2H3,(H,20,21)/t14-/m0/s1. The molecule has 0 bridgehead atoms. The molecule has 2 nitrogen and oxygen atoms in total. The molecule has 4 heteroatoms. The SMILES string of the molecule is Cc1ccc(CSCC(=O)N[C@@H](C)c2ccc(F)cc2)cc1. The zero-order valence-electron chi connectivity index (χ0n) is 12.8. The molecule has 0 aliphatic heterocycles. The fourth-order valence-corrected chi connectivity index (χ4v) is 2.86. The van der Waals surface area contributed by atoms with Gasteiger partial charge in [0.05, 0.1) is 11.8 Å². The summed E-state index contributed by atoms with van der Waals surface area (Å²) in [6.07, 6.45) is 0. The summed E-state index contributed by atoms with van der Waals surface area (Å²) in [5.41, 5.74) is 3.35. The van der Waals surface area contributed by atoms with Gasteiger partial charge < -0.3 is 5.32 Å². The van der Waals surface area contributed by atoms with Crippen molar-refractivity contribution >= 4 is 17.7 Å². The van der Waals surface area contributed by atoms with E-state index in [1.165, 1.54) is 23.3 Å². The summed E-state index contributed by atoms with van der Waals surface area (Å²) in [5.74, 6) is 0.961. The molecule has 2 rings (SSSR count). The van der Waals surface area contributed by atoms with E-state index in [0.29, 0.717) is 5.75 Å². The van der Waals surface area contributed by atoms with Crippen molar-refractivity contribution in [1.82, 2.24) is 5.32 Å². The Hall–Kier alpha value is -1.81. The van der Waals surface area contributed by atoms with Crippen LogP contribution in [0.5, 0.6) is 0 Å². The number of aryl methyl sites for hydroxylation is 1. The molecule has 1 N–H and O–H groups in total. The van der Waals surface area contributed by atoms with Gasteiger partial charge in [0.15, 0.2) is 0 Å². The van der Waals surface area contributed by atoms with E-state index in [2.05, 4.69) is 36.5 Å². The maximum absolute atomic E-state index is 12.9. The van der Waals surface area contributed by atoms with E-state index in [0.717, 1.165) is 11.3 Å². The Labute approximate surface area is 135 Å². The van der Waals surface area contributed by atoms with Gasteiger partial charge in [0.2, 0.25) is 5.91 Å². The molecule has 0 aromatic heterocycles. The van der Waals surface area contributed by atoms with Crippen LogP contribution in [-0.2, 0) is 10.5 Å². The van der Waals surface area contributed by atoms with Crippen molar-refractivity contribution in [3.63, 3.8) is 0 Å². The number of carbonyl (C=O) groups excluding carboxylic acids is 1. The molecule has 1 amide bonds. The molecule has 0 saturated heterocycles. The molecule has 0 spiro atoms. The lowest BCUT2D eigenvalue weighted by Crippen LogP contribution is -2.28. The first kappa shape index (κ1) is 16.6. The lowest BCUT2D eigenvalue weighted by atomic mass is 10.1. The van der Waals surface area contributed by atoms with E-state index >= 15 is 0 Å². The smallest absolute Gasteiger partial charge is 0.230 e. The van der Waals surface area contributed by atoms with Crippen LogP contribution in [-0.4, -0.2) is 11.7 Å². The molecule has 0 unspecified atom stereocenters. The van der Waals surface area contributed by atoms with Crippen molar-refractivity contribution < 1.29 is 9.18 Å². The number of hydrogen-bond acceptors (Lipinski definition) is 2. The minimum atomic E-state index is -0.268. The molecule has 2 aromatic rings. The summed E-state index contributed by atoms with van der Waals surface area (Å²) in [4.78, 5) is 11.9. The Morgan fingerprint density at radius 3 is 2.41 bits per heavy atom. The van der Waals surface area contributed by atoms with Gasteiger partial charge >= 0.3 is 0 Å². The molecule has 0 aliphatic carbocycles. The Bertz CT molecular complexity index is 610. The third-order valence-corrected chi connectivity index (χ3v) is 4.37. The quantitative estimate of drug-likeness (QED) is 0.863. The number of thioether (sulfide) groups is 1. The van der Waals surface area contributed by atoms with Crippen LogP contribution in [0.3, 0.4) is 0 Å². The maximum Gasteiger partial charge on any atom is 0.230 e. The predicted molar refractivity (Wildman–Crippen MR) is 90.3 cm³/mol. The van der Waals surface area contributed by atoms with E-state index in [9.17, 15) is 9.18 Å². The minimum absolute atomic E-state index is 0.00561. The van der Waals surface area contributed by atoms with Gasteiger partial charge in [-0.1, -0.05) is 42.0 Å². The molecule has 0 fully saturated rings. The number of amides is 1. The Kier molecular flexibility index (Phi) is 6.01. The molecule has 22 heavy (non-hydrogen) atoms. The molecule has 0 saturated carbocycles. The third kappa shape index (κ3) is 5.19. The first-order valence-corrected chi connectivity index (χ1v) is 8.38. The first-order valence-electron chi connectivity index (χ1n) is 7.22. The van der Waals surface area contributed by atoms with E-state index < -0.39 is 0 Å². The van der Waals surface area contributed by atoms with Crippen LogP contribution in [0.25, 0.3) is 0 Å². The van der Waals surface area contributed by atoms with Crippen LogP contribution in [0.2, 0.25) is 0 Å². The highest BCUT2D eigenvalue weighted by molar-refractivity contribution is 7.99. The maximum atomic E-state index is 12.9. The Morgan fingerprint density at radius 1 is 1.14 bits per heavy atom. The second-order valence-electron chi connectivity index (χ2n) is 5.32. The number of carbonyl (C=O) groups is 1. The average molecular weight is 317 g/mol. The largest absolute Gasteiger partial charge is 0.349 e. The normalized spacial score (nSPS) is 12.0. The van der Waals surface area contributed by atoms with Crippen LogP contribution < -0.4 is 5.32 Å². The summed E-state index contributed by atoms with van der Waals surface area (Å²) in [5, 5.41) is 2.93. The number of nitrogens with one attached hydrogen (secondary N) is 1. The van der Waals surface area contributed by atoms with Gasteiger partial charge in [-0.2, -0.15) is 0 Å². The van der Waals surface area contributed by atoms with E-state index in [4.69, 9.17) is 0 Å². The van der Waals surface area contributed by atoms with Gasteiger partial charge in [-0.3, -0.25) is 4.79 Å².